The van der Waals surface area contributed by atoms with Crippen LogP contribution in [0.15, 0.2) is 35.1 Å². The van der Waals surface area contributed by atoms with Crippen LogP contribution in [0.5, 0.6) is 0 Å². The Labute approximate surface area is 136 Å². The molecule has 4 nitrogen and oxygen atoms in total. The summed E-state index contributed by atoms with van der Waals surface area (Å²) in [5.74, 6) is 1.04. The summed E-state index contributed by atoms with van der Waals surface area (Å²) in [4.78, 5) is 31.3. The normalized spacial score (nSPS) is 15.4. The number of H-pyrrole nitrogens is 1. The van der Waals surface area contributed by atoms with E-state index in [1.807, 2.05) is 6.92 Å². The Hall–Kier alpha value is -2.23. The Morgan fingerprint density at radius 3 is 2.61 bits per heavy atom. The van der Waals surface area contributed by atoms with Crippen molar-refractivity contribution in [2.75, 3.05) is 0 Å². The van der Waals surface area contributed by atoms with E-state index in [0.717, 1.165) is 24.8 Å². The molecule has 1 unspecified atom stereocenters. The lowest BCUT2D eigenvalue weighted by Crippen LogP contribution is -2.16. The van der Waals surface area contributed by atoms with Gasteiger partial charge in [0.2, 0.25) is 0 Å². The van der Waals surface area contributed by atoms with Crippen LogP contribution < -0.4 is 5.56 Å². The Kier molecular flexibility index (Phi) is 4.42. The summed E-state index contributed by atoms with van der Waals surface area (Å²) >= 11 is 0. The van der Waals surface area contributed by atoms with E-state index in [1.165, 1.54) is 11.6 Å². The highest BCUT2D eigenvalue weighted by Crippen LogP contribution is 2.37. The van der Waals surface area contributed by atoms with Crippen molar-refractivity contribution in [1.29, 1.82) is 0 Å². The molecule has 0 amide bonds. The third-order valence-electron chi connectivity index (χ3n) is 4.46. The van der Waals surface area contributed by atoms with Gasteiger partial charge in [0.05, 0.1) is 0 Å². The molecule has 4 heteroatoms. The van der Waals surface area contributed by atoms with Crippen LogP contribution in [0.3, 0.4) is 0 Å². The zero-order valence-electron chi connectivity index (χ0n) is 13.6. The molecule has 0 aliphatic heterocycles. The molecule has 120 valence electrons. The van der Waals surface area contributed by atoms with Crippen molar-refractivity contribution in [2.24, 2.45) is 0 Å². The minimum absolute atomic E-state index is 0.0648. The zero-order chi connectivity index (χ0) is 16.4. The maximum absolute atomic E-state index is 12.5. The van der Waals surface area contributed by atoms with E-state index in [4.69, 9.17) is 0 Å². The highest BCUT2D eigenvalue weighted by molar-refractivity contribution is 5.94. The average Bonchev–Trinajstić information content (AvgIpc) is 3.39. The maximum atomic E-state index is 12.5. The summed E-state index contributed by atoms with van der Waals surface area (Å²) in [6, 6.07) is 9.69. The molecule has 1 N–H and O–H groups in total. The first-order chi connectivity index (χ1) is 11.1. The van der Waals surface area contributed by atoms with Crippen LogP contribution in [-0.4, -0.2) is 15.8 Å². The second-order valence-corrected chi connectivity index (χ2v) is 6.41. The lowest BCUT2D eigenvalue weighted by atomic mass is 9.93. The molecule has 1 aliphatic rings. The van der Waals surface area contributed by atoms with E-state index < -0.39 is 0 Å². The monoisotopic (exact) mass is 310 g/mol. The molecule has 1 atom stereocenters. The van der Waals surface area contributed by atoms with Gasteiger partial charge in [-0.25, -0.2) is 4.98 Å². The summed E-state index contributed by atoms with van der Waals surface area (Å²) in [6.07, 6.45) is 3.46. The second kappa shape index (κ2) is 6.49. The van der Waals surface area contributed by atoms with E-state index in [0.29, 0.717) is 23.9 Å². The van der Waals surface area contributed by atoms with Gasteiger partial charge in [0.25, 0.3) is 5.56 Å². The number of aryl methyl sites for hydroxylation is 1. The van der Waals surface area contributed by atoms with E-state index in [1.54, 1.807) is 0 Å². The number of carbonyl (C=O) groups is 1. The highest BCUT2D eigenvalue weighted by Gasteiger charge is 2.27. The number of rotatable bonds is 6. The van der Waals surface area contributed by atoms with E-state index in [9.17, 15) is 9.59 Å². The first-order valence-corrected chi connectivity index (χ1v) is 8.30. The fraction of sp³-hybridized carbons (Fsp3) is 0.421. The summed E-state index contributed by atoms with van der Waals surface area (Å²) in [5, 5.41) is 0. The lowest BCUT2D eigenvalue weighted by Gasteiger charge is -2.12. The molecule has 0 spiro atoms. The van der Waals surface area contributed by atoms with E-state index >= 15 is 0 Å². The minimum atomic E-state index is -0.231. The van der Waals surface area contributed by atoms with Crippen LogP contribution in [0.25, 0.3) is 0 Å². The lowest BCUT2D eigenvalue weighted by molar-refractivity contribution is 0.0970. The first kappa shape index (κ1) is 15.7. The van der Waals surface area contributed by atoms with Crippen molar-refractivity contribution in [3.8, 4) is 0 Å². The van der Waals surface area contributed by atoms with Crippen molar-refractivity contribution in [2.45, 2.75) is 51.4 Å². The van der Waals surface area contributed by atoms with Gasteiger partial charge in [0.1, 0.15) is 11.5 Å². The van der Waals surface area contributed by atoms with Gasteiger partial charge in [-0.15, -0.1) is 0 Å². The molecule has 1 aromatic heterocycles. The second-order valence-electron chi connectivity index (χ2n) is 6.41. The quantitative estimate of drug-likeness (QED) is 0.829. The molecule has 1 heterocycles. The van der Waals surface area contributed by atoms with Gasteiger partial charge in [0, 0.05) is 18.4 Å². The average molecular weight is 310 g/mol. The topological polar surface area (TPSA) is 62.8 Å². The standard InChI is InChI=1S/C19H22N2O2/c1-3-13-4-6-14(7-5-13)12(2)10-17(22)16-11-18(23)21-19(20-16)15-8-9-15/h4-7,11-12,15H,3,8-10H2,1-2H3,(H,20,21,23). The summed E-state index contributed by atoms with van der Waals surface area (Å²) in [7, 11) is 0. The van der Waals surface area contributed by atoms with Crippen LogP contribution in [0.2, 0.25) is 0 Å². The fourth-order valence-electron chi connectivity index (χ4n) is 2.75. The molecule has 2 aromatic rings. The Morgan fingerprint density at radius 1 is 1.30 bits per heavy atom. The number of Topliss-reactive ketones (excluding diaryl/α,β-unsaturated/α-hetero) is 1. The van der Waals surface area contributed by atoms with Gasteiger partial charge in [-0.05, 0) is 36.3 Å². The van der Waals surface area contributed by atoms with Crippen molar-refractivity contribution in [3.05, 3.63) is 63.3 Å². The number of benzene rings is 1. The van der Waals surface area contributed by atoms with Crippen molar-refractivity contribution in [1.82, 2.24) is 9.97 Å². The largest absolute Gasteiger partial charge is 0.310 e. The zero-order valence-corrected chi connectivity index (χ0v) is 13.6. The van der Waals surface area contributed by atoms with Crippen LogP contribution in [0, 0.1) is 0 Å². The van der Waals surface area contributed by atoms with Crippen molar-refractivity contribution in [3.63, 3.8) is 0 Å². The van der Waals surface area contributed by atoms with Gasteiger partial charge in [-0.1, -0.05) is 38.1 Å². The molecule has 23 heavy (non-hydrogen) atoms. The summed E-state index contributed by atoms with van der Waals surface area (Å²) in [6.45, 7) is 4.16. The van der Waals surface area contributed by atoms with Gasteiger partial charge in [-0.2, -0.15) is 0 Å². The maximum Gasteiger partial charge on any atom is 0.251 e. The molecule has 1 fully saturated rings. The molecular formula is C19H22N2O2. The van der Waals surface area contributed by atoms with Gasteiger partial charge >= 0.3 is 0 Å². The Bertz CT molecular complexity index is 758. The van der Waals surface area contributed by atoms with Crippen molar-refractivity contribution < 1.29 is 4.79 Å². The minimum Gasteiger partial charge on any atom is -0.310 e. The molecule has 0 saturated heterocycles. The number of aromatic amines is 1. The molecule has 0 bridgehead atoms. The number of ketones is 1. The third kappa shape index (κ3) is 3.76. The number of nitrogens with one attached hydrogen (secondary N) is 1. The van der Waals surface area contributed by atoms with Crippen LogP contribution in [0.1, 0.15) is 72.4 Å². The predicted octanol–water partition coefficient (Wildman–Crippen LogP) is 3.59. The third-order valence-corrected chi connectivity index (χ3v) is 4.46. The number of carbonyl (C=O) groups excluding carboxylic acids is 1. The van der Waals surface area contributed by atoms with Crippen LogP contribution in [-0.2, 0) is 6.42 Å². The van der Waals surface area contributed by atoms with Crippen LogP contribution in [0.4, 0.5) is 0 Å². The van der Waals surface area contributed by atoms with Gasteiger partial charge in [-0.3, -0.25) is 9.59 Å². The molecule has 1 aliphatic carbocycles. The van der Waals surface area contributed by atoms with Crippen molar-refractivity contribution >= 4 is 5.78 Å². The smallest absolute Gasteiger partial charge is 0.251 e. The number of nitrogens with zero attached hydrogens (tertiary/aromatic N) is 1. The molecule has 0 radical (unpaired) electrons. The molecule has 1 saturated carbocycles. The summed E-state index contributed by atoms with van der Waals surface area (Å²) in [5.41, 5.74) is 2.50. The Morgan fingerprint density at radius 2 is 2.00 bits per heavy atom. The molecule has 3 rings (SSSR count). The fourth-order valence-corrected chi connectivity index (χ4v) is 2.75. The number of hydrogen-bond acceptors (Lipinski definition) is 3. The van der Waals surface area contributed by atoms with E-state index in [2.05, 4.69) is 41.2 Å². The van der Waals surface area contributed by atoms with Crippen LogP contribution >= 0.6 is 0 Å². The van der Waals surface area contributed by atoms with Gasteiger partial charge < -0.3 is 4.98 Å². The number of hydrogen-bond donors (Lipinski definition) is 1. The SMILES string of the molecule is CCc1ccc(C(C)CC(=O)c2cc(=O)[nH]c(C3CC3)n2)cc1. The summed E-state index contributed by atoms with van der Waals surface area (Å²) < 4.78 is 0. The predicted molar refractivity (Wildman–Crippen MR) is 90.0 cm³/mol. The Balaban J connectivity index is 1.74. The highest BCUT2D eigenvalue weighted by atomic mass is 16.1. The van der Waals surface area contributed by atoms with E-state index in [-0.39, 0.29) is 17.3 Å². The molecule has 1 aromatic carbocycles. The van der Waals surface area contributed by atoms with Gasteiger partial charge in [0.15, 0.2) is 5.78 Å². The molecular weight excluding hydrogens is 288 g/mol. The number of aromatic nitrogens is 2. The first-order valence-electron chi connectivity index (χ1n) is 8.30.